The number of carbonyl (C=O) groups is 1. The quantitative estimate of drug-likeness (QED) is 0.714. The van der Waals surface area contributed by atoms with Crippen LogP contribution >= 0.6 is 0 Å². The fourth-order valence-corrected chi connectivity index (χ4v) is 2.47. The van der Waals surface area contributed by atoms with Gasteiger partial charge in [-0.2, -0.15) is 0 Å². The van der Waals surface area contributed by atoms with Crippen molar-refractivity contribution >= 4 is 11.6 Å². The Balaban J connectivity index is 1.80. The molecule has 5 heteroatoms. The van der Waals surface area contributed by atoms with Crippen molar-refractivity contribution in [3.8, 4) is 0 Å². The normalized spacial score (nSPS) is 14.8. The van der Waals surface area contributed by atoms with Gasteiger partial charge in [-0.05, 0) is 45.0 Å². The second-order valence-electron chi connectivity index (χ2n) is 5.43. The van der Waals surface area contributed by atoms with Crippen molar-refractivity contribution in [1.29, 1.82) is 0 Å². The summed E-state index contributed by atoms with van der Waals surface area (Å²) in [4.78, 5) is 14.6. The average Bonchev–Trinajstić information content (AvgIpc) is 3.21. The molecule has 2 rings (SSSR count). The van der Waals surface area contributed by atoms with Crippen molar-refractivity contribution < 1.29 is 4.79 Å². The summed E-state index contributed by atoms with van der Waals surface area (Å²) in [7, 11) is 0. The zero-order valence-corrected chi connectivity index (χ0v) is 12.6. The maximum absolute atomic E-state index is 12.2. The van der Waals surface area contributed by atoms with Crippen LogP contribution in [0.1, 0.15) is 49.6 Å². The summed E-state index contributed by atoms with van der Waals surface area (Å²) in [5.41, 5.74) is 7.18. The first kappa shape index (κ1) is 14.9. The number of rotatable bonds is 8. The van der Waals surface area contributed by atoms with Crippen LogP contribution in [0.3, 0.4) is 0 Å². The molecular formula is C15H26N4O. The summed E-state index contributed by atoms with van der Waals surface area (Å²) in [5.74, 6) is -0.00635. The molecule has 1 aromatic heterocycles. The van der Waals surface area contributed by atoms with Gasteiger partial charge in [-0.25, -0.2) is 0 Å². The first-order valence-corrected chi connectivity index (χ1v) is 7.63. The summed E-state index contributed by atoms with van der Waals surface area (Å²) in [6.45, 7) is 8.18. The number of aromatic nitrogens is 1. The summed E-state index contributed by atoms with van der Waals surface area (Å²) in [6, 6.07) is 2.25. The van der Waals surface area contributed by atoms with Crippen molar-refractivity contribution in [3.63, 3.8) is 0 Å². The molecule has 1 aliphatic rings. The zero-order chi connectivity index (χ0) is 14.5. The maximum atomic E-state index is 12.2. The van der Waals surface area contributed by atoms with Gasteiger partial charge in [0.1, 0.15) is 5.69 Å². The second-order valence-corrected chi connectivity index (χ2v) is 5.43. The molecular weight excluding hydrogens is 252 g/mol. The molecule has 5 nitrogen and oxygen atoms in total. The molecule has 0 aliphatic heterocycles. The minimum atomic E-state index is -0.00635. The van der Waals surface area contributed by atoms with Crippen LogP contribution in [0.4, 0.5) is 5.69 Å². The molecule has 1 aliphatic carbocycles. The van der Waals surface area contributed by atoms with Crippen molar-refractivity contribution in [1.82, 2.24) is 14.8 Å². The van der Waals surface area contributed by atoms with Crippen LogP contribution in [0.15, 0.2) is 12.3 Å². The van der Waals surface area contributed by atoms with E-state index in [0.29, 0.717) is 24.0 Å². The lowest BCUT2D eigenvalue weighted by Gasteiger charge is -2.17. The number of carbonyl (C=O) groups excluding carboxylic acids is 1. The van der Waals surface area contributed by atoms with Crippen molar-refractivity contribution in [2.45, 2.75) is 39.2 Å². The van der Waals surface area contributed by atoms with Gasteiger partial charge in [-0.15, -0.1) is 0 Å². The molecule has 0 bridgehead atoms. The molecule has 0 spiro atoms. The molecule has 1 amide bonds. The monoisotopic (exact) mass is 278 g/mol. The van der Waals surface area contributed by atoms with E-state index in [0.717, 1.165) is 38.9 Å². The van der Waals surface area contributed by atoms with Crippen LogP contribution in [0.2, 0.25) is 0 Å². The Hall–Kier alpha value is -1.49. The van der Waals surface area contributed by atoms with Crippen LogP contribution in [0.5, 0.6) is 0 Å². The van der Waals surface area contributed by atoms with Crippen LogP contribution in [0.25, 0.3) is 0 Å². The van der Waals surface area contributed by atoms with Gasteiger partial charge in [0.05, 0.1) is 5.69 Å². The van der Waals surface area contributed by atoms with Gasteiger partial charge in [-0.3, -0.25) is 4.79 Å². The Morgan fingerprint density at radius 2 is 2.15 bits per heavy atom. The number of hydrogen-bond donors (Lipinski definition) is 2. The van der Waals surface area contributed by atoms with E-state index in [1.54, 1.807) is 6.07 Å². The number of nitrogens with zero attached hydrogens (tertiary/aromatic N) is 2. The standard InChI is InChI=1S/C15H26N4O/c1-3-18(4-2)9-5-8-17-15(20)14-10-12(16)11-19(14)13-6-7-13/h10-11,13H,3-9,16H2,1-2H3,(H,17,20). The van der Waals surface area contributed by atoms with Gasteiger partial charge >= 0.3 is 0 Å². The molecule has 0 aromatic carbocycles. The molecule has 1 fully saturated rings. The SMILES string of the molecule is CCN(CC)CCCNC(=O)c1cc(N)cn1C1CC1. The predicted octanol–water partition coefficient (Wildman–Crippen LogP) is 1.87. The number of amides is 1. The molecule has 112 valence electrons. The number of nitrogens with two attached hydrogens (primary N) is 1. The highest BCUT2D eigenvalue weighted by Crippen LogP contribution is 2.37. The zero-order valence-electron chi connectivity index (χ0n) is 12.6. The smallest absolute Gasteiger partial charge is 0.267 e. The number of nitrogens with one attached hydrogen (secondary N) is 1. The molecule has 1 heterocycles. The van der Waals surface area contributed by atoms with Crippen LogP contribution < -0.4 is 11.1 Å². The topological polar surface area (TPSA) is 63.3 Å². The minimum absolute atomic E-state index is 0.00635. The molecule has 0 unspecified atom stereocenters. The van der Waals surface area contributed by atoms with E-state index in [-0.39, 0.29) is 5.91 Å². The predicted molar refractivity (Wildman–Crippen MR) is 81.9 cm³/mol. The molecule has 20 heavy (non-hydrogen) atoms. The van der Waals surface area contributed by atoms with Crippen molar-refractivity contribution in [2.24, 2.45) is 0 Å². The van der Waals surface area contributed by atoms with Crippen molar-refractivity contribution in [3.05, 3.63) is 18.0 Å². The van der Waals surface area contributed by atoms with Crippen molar-refractivity contribution in [2.75, 3.05) is 31.9 Å². The lowest BCUT2D eigenvalue weighted by atomic mass is 10.3. The summed E-state index contributed by atoms with van der Waals surface area (Å²) in [5, 5.41) is 3.00. The second kappa shape index (κ2) is 6.79. The molecule has 0 atom stereocenters. The first-order chi connectivity index (χ1) is 9.65. The fourth-order valence-electron chi connectivity index (χ4n) is 2.47. The van der Waals surface area contributed by atoms with E-state index in [4.69, 9.17) is 5.73 Å². The Bertz CT molecular complexity index is 447. The highest BCUT2D eigenvalue weighted by Gasteiger charge is 2.27. The van der Waals surface area contributed by atoms with Crippen LogP contribution in [-0.4, -0.2) is 41.6 Å². The van der Waals surface area contributed by atoms with Gasteiger partial charge in [-0.1, -0.05) is 13.8 Å². The van der Waals surface area contributed by atoms with Gasteiger partial charge in [0.15, 0.2) is 0 Å². The van der Waals surface area contributed by atoms with E-state index in [1.165, 1.54) is 0 Å². The molecule has 0 radical (unpaired) electrons. The molecule has 1 saturated carbocycles. The third-order valence-electron chi connectivity index (χ3n) is 3.87. The largest absolute Gasteiger partial charge is 0.397 e. The number of anilines is 1. The van der Waals surface area contributed by atoms with Gasteiger partial charge < -0.3 is 20.5 Å². The third-order valence-corrected chi connectivity index (χ3v) is 3.87. The van der Waals surface area contributed by atoms with Gasteiger partial charge in [0.25, 0.3) is 5.91 Å². The van der Waals surface area contributed by atoms with E-state index in [2.05, 4.69) is 24.1 Å². The summed E-state index contributed by atoms with van der Waals surface area (Å²) >= 11 is 0. The number of nitrogen functional groups attached to an aromatic ring is 1. The minimum Gasteiger partial charge on any atom is -0.397 e. The van der Waals surface area contributed by atoms with Gasteiger partial charge in [0.2, 0.25) is 0 Å². The third kappa shape index (κ3) is 3.76. The lowest BCUT2D eigenvalue weighted by Crippen LogP contribution is -2.30. The fraction of sp³-hybridized carbons (Fsp3) is 0.667. The molecule has 1 aromatic rings. The van der Waals surface area contributed by atoms with E-state index in [1.807, 2.05) is 10.8 Å². The Labute approximate surface area is 121 Å². The summed E-state index contributed by atoms with van der Waals surface area (Å²) < 4.78 is 2.02. The lowest BCUT2D eigenvalue weighted by molar-refractivity contribution is 0.0942. The highest BCUT2D eigenvalue weighted by molar-refractivity contribution is 5.93. The Morgan fingerprint density at radius 3 is 2.75 bits per heavy atom. The molecule has 3 N–H and O–H groups in total. The van der Waals surface area contributed by atoms with Crippen LogP contribution in [0, 0.1) is 0 Å². The van der Waals surface area contributed by atoms with E-state index < -0.39 is 0 Å². The van der Waals surface area contributed by atoms with E-state index >= 15 is 0 Å². The van der Waals surface area contributed by atoms with Crippen LogP contribution in [-0.2, 0) is 0 Å². The number of hydrogen-bond acceptors (Lipinski definition) is 3. The maximum Gasteiger partial charge on any atom is 0.267 e. The Kier molecular flexibility index (Phi) is 5.06. The first-order valence-electron chi connectivity index (χ1n) is 7.63. The molecule has 0 saturated heterocycles. The van der Waals surface area contributed by atoms with E-state index in [9.17, 15) is 4.79 Å². The highest BCUT2D eigenvalue weighted by atomic mass is 16.1. The Morgan fingerprint density at radius 1 is 1.45 bits per heavy atom. The summed E-state index contributed by atoms with van der Waals surface area (Å²) in [6.07, 6.45) is 5.16. The average molecular weight is 278 g/mol. The van der Waals surface area contributed by atoms with Gasteiger partial charge in [0, 0.05) is 18.8 Å².